The zero-order valence-electron chi connectivity index (χ0n) is 11.6. The summed E-state index contributed by atoms with van der Waals surface area (Å²) in [5.41, 5.74) is 8.18. The maximum Gasteiger partial charge on any atom is 0.276 e. The minimum absolute atomic E-state index is 0.0583. The number of nitrogen functional groups attached to an aromatic ring is 1. The highest BCUT2D eigenvalue weighted by molar-refractivity contribution is 6.07. The predicted octanol–water partition coefficient (Wildman–Crippen LogP) is 1.77. The topological polar surface area (TPSA) is 90.0 Å². The summed E-state index contributed by atoms with van der Waals surface area (Å²) in [6.45, 7) is 3.21. The van der Waals surface area contributed by atoms with Crippen molar-refractivity contribution in [2.24, 2.45) is 7.05 Å². The van der Waals surface area contributed by atoms with Crippen LogP contribution >= 0.6 is 0 Å². The van der Waals surface area contributed by atoms with Crippen LogP contribution in [0.1, 0.15) is 33.5 Å². The number of Topliss-reactive ketones (excluding diaryl/α,β-unsaturated/α-hetero) is 1. The van der Waals surface area contributed by atoms with Gasteiger partial charge in [0.2, 0.25) is 0 Å². The van der Waals surface area contributed by atoms with Crippen LogP contribution in [0.25, 0.3) is 0 Å². The van der Waals surface area contributed by atoms with Crippen molar-refractivity contribution in [3.63, 3.8) is 0 Å². The second-order valence-electron chi connectivity index (χ2n) is 4.56. The molecule has 2 rings (SSSR count). The van der Waals surface area contributed by atoms with Gasteiger partial charge >= 0.3 is 0 Å². The SMILES string of the molecule is CC(=O)c1cccc(NC(=O)c2c(N)c(C)nn2C)c1. The van der Waals surface area contributed by atoms with Gasteiger partial charge in [0.15, 0.2) is 5.78 Å². The fourth-order valence-corrected chi connectivity index (χ4v) is 1.95. The number of amides is 1. The number of carbonyl (C=O) groups is 2. The van der Waals surface area contributed by atoms with E-state index in [1.165, 1.54) is 11.6 Å². The minimum Gasteiger partial charge on any atom is -0.395 e. The standard InChI is InChI=1S/C14H16N4O2/c1-8-12(15)13(18(3)17-8)14(20)16-11-6-4-5-10(7-11)9(2)19/h4-7H,15H2,1-3H3,(H,16,20). The molecule has 0 bridgehead atoms. The van der Waals surface area contributed by atoms with Crippen molar-refractivity contribution >= 4 is 23.1 Å². The number of nitrogens with one attached hydrogen (secondary N) is 1. The van der Waals surface area contributed by atoms with Gasteiger partial charge in [0, 0.05) is 18.3 Å². The molecule has 6 heteroatoms. The molecule has 0 fully saturated rings. The van der Waals surface area contributed by atoms with Crippen molar-refractivity contribution in [3.8, 4) is 0 Å². The van der Waals surface area contributed by atoms with Gasteiger partial charge in [0.05, 0.1) is 11.4 Å². The predicted molar refractivity (Wildman–Crippen MR) is 76.8 cm³/mol. The van der Waals surface area contributed by atoms with Crippen molar-refractivity contribution in [3.05, 3.63) is 41.2 Å². The molecule has 1 heterocycles. The molecule has 2 aromatic rings. The van der Waals surface area contributed by atoms with E-state index in [1.807, 2.05) is 0 Å². The fourth-order valence-electron chi connectivity index (χ4n) is 1.95. The van der Waals surface area contributed by atoms with Crippen LogP contribution in [0.2, 0.25) is 0 Å². The molecule has 0 atom stereocenters. The van der Waals surface area contributed by atoms with Crippen LogP contribution in [0.3, 0.4) is 0 Å². The first-order chi connectivity index (χ1) is 9.40. The van der Waals surface area contributed by atoms with E-state index >= 15 is 0 Å². The molecular weight excluding hydrogens is 256 g/mol. The lowest BCUT2D eigenvalue weighted by Crippen LogP contribution is -2.17. The van der Waals surface area contributed by atoms with Crippen LogP contribution in [0.4, 0.5) is 11.4 Å². The van der Waals surface area contributed by atoms with E-state index in [-0.39, 0.29) is 11.7 Å². The number of nitrogens with zero attached hydrogens (tertiary/aromatic N) is 2. The summed E-state index contributed by atoms with van der Waals surface area (Å²) in [4.78, 5) is 23.5. The van der Waals surface area contributed by atoms with E-state index in [9.17, 15) is 9.59 Å². The summed E-state index contributed by atoms with van der Waals surface area (Å²) in [7, 11) is 1.66. The average Bonchev–Trinajstić information content (AvgIpc) is 2.63. The molecule has 1 aromatic heterocycles. The van der Waals surface area contributed by atoms with E-state index in [4.69, 9.17) is 5.73 Å². The number of benzene rings is 1. The lowest BCUT2D eigenvalue weighted by atomic mass is 10.1. The fraction of sp³-hybridized carbons (Fsp3) is 0.214. The summed E-state index contributed by atoms with van der Waals surface area (Å²) in [5.74, 6) is -0.414. The quantitative estimate of drug-likeness (QED) is 0.833. The van der Waals surface area contributed by atoms with Gasteiger partial charge in [-0.15, -0.1) is 0 Å². The molecule has 6 nitrogen and oxygen atoms in total. The van der Waals surface area contributed by atoms with Crippen LogP contribution in [-0.4, -0.2) is 21.5 Å². The van der Waals surface area contributed by atoms with E-state index in [0.29, 0.717) is 28.3 Å². The van der Waals surface area contributed by atoms with E-state index < -0.39 is 0 Å². The Morgan fingerprint density at radius 1 is 1.35 bits per heavy atom. The third-order valence-corrected chi connectivity index (χ3v) is 3.01. The van der Waals surface area contributed by atoms with Crippen molar-refractivity contribution < 1.29 is 9.59 Å². The van der Waals surface area contributed by atoms with E-state index in [1.54, 1.807) is 38.2 Å². The summed E-state index contributed by atoms with van der Waals surface area (Å²) in [5, 5.41) is 6.81. The van der Waals surface area contributed by atoms with Crippen molar-refractivity contribution in [2.45, 2.75) is 13.8 Å². The molecule has 0 spiro atoms. The average molecular weight is 272 g/mol. The number of aromatic nitrogens is 2. The molecule has 0 unspecified atom stereocenters. The number of nitrogens with two attached hydrogens (primary N) is 1. The molecule has 0 radical (unpaired) electrons. The van der Waals surface area contributed by atoms with Crippen LogP contribution in [0.15, 0.2) is 24.3 Å². The van der Waals surface area contributed by atoms with Crippen LogP contribution in [-0.2, 0) is 7.05 Å². The van der Waals surface area contributed by atoms with Gasteiger partial charge < -0.3 is 11.1 Å². The number of anilines is 2. The van der Waals surface area contributed by atoms with Crippen LogP contribution < -0.4 is 11.1 Å². The highest BCUT2D eigenvalue weighted by Crippen LogP contribution is 2.18. The Morgan fingerprint density at radius 2 is 2.05 bits per heavy atom. The Morgan fingerprint density at radius 3 is 2.60 bits per heavy atom. The number of hydrogen-bond donors (Lipinski definition) is 2. The van der Waals surface area contributed by atoms with E-state index in [0.717, 1.165) is 0 Å². The van der Waals surface area contributed by atoms with Gasteiger partial charge in [-0.1, -0.05) is 12.1 Å². The van der Waals surface area contributed by atoms with E-state index in [2.05, 4.69) is 10.4 Å². The highest BCUT2D eigenvalue weighted by Gasteiger charge is 2.18. The molecule has 20 heavy (non-hydrogen) atoms. The summed E-state index contributed by atoms with van der Waals surface area (Å²) < 4.78 is 1.44. The maximum absolute atomic E-state index is 12.2. The van der Waals surface area contributed by atoms with Crippen LogP contribution in [0, 0.1) is 6.92 Å². The monoisotopic (exact) mass is 272 g/mol. The second kappa shape index (κ2) is 5.16. The smallest absolute Gasteiger partial charge is 0.276 e. The molecule has 104 valence electrons. The first-order valence-corrected chi connectivity index (χ1v) is 6.11. The normalized spacial score (nSPS) is 10.3. The maximum atomic E-state index is 12.2. The van der Waals surface area contributed by atoms with Crippen molar-refractivity contribution in [1.82, 2.24) is 9.78 Å². The Hall–Kier alpha value is -2.63. The Labute approximate surface area is 116 Å². The molecule has 3 N–H and O–H groups in total. The molecule has 1 amide bonds. The Bertz CT molecular complexity index is 688. The Balaban J connectivity index is 2.28. The van der Waals surface area contributed by atoms with Gasteiger partial charge in [-0.05, 0) is 26.0 Å². The lowest BCUT2D eigenvalue weighted by molar-refractivity contribution is 0.100. The molecular formula is C14H16N4O2. The third-order valence-electron chi connectivity index (χ3n) is 3.01. The highest BCUT2D eigenvalue weighted by atomic mass is 16.2. The summed E-state index contributed by atoms with van der Waals surface area (Å²) >= 11 is 0. The number of hydrogen-bond acceptors (Lipinski definition) is 4. The number of aryl methyl sites for hydroxylation is 2. The van der Waals surface area contributed by atoms with Gasteiger partial charge in [0.25, 0.3) is 5.91 Å². The van der Waals surface area contributed by atoms with Gasteiger partial charge in [-0.2, -0.15) is 5.10 Å². The summed E-state index contributed by atoms with van der Waals surface area (Å²) in [6.07, 6.45) is 0. The van der Waals surface area contributed by atoms with Gasteiger partial charge in [0.1, 0.15) is 5.69 Å². The number of carbonyl (C=O) groups excluding carboxylic acids is 2. The molecule has 1 aromatic carbocycles. The zero-order chi connectivity index (χ0) is 14.9. The van der Waals surface area contributed by atoms with Gasteiger partial charge in [-0.3, -0.25) is 14.3 Å². The minimum atomic E-state index is -0.355. The first-order valence-electron chi connectivity index (χ1n) is 6.11. The second-order valence-corrected chi connectivity index (χ2v) is 4.56. The number of rotatable bonds is 3. The Kier molecular flexibility index (Phi) is 3.56. The first kappa shape index (κ1) is 13.8. The lowest BCUT2D eigenvalue weighted by Gasteiger charge is -2.07. The number of ketones is 1. The third kappa shape index (κ3) is 2.54. The van der Waals surface area contributed by atoms with Crippen molar-refractivity contribution in [1.29, 1.82) is 0 Å². The molecule has 0 aliphatic heterocycles. The molecule has 0 aliphatic carbocycles. The zero-order valence-corrected chi connectivity index (χ0v) is 11.6. The molecule has 0 saturated heterocycles. The largest absolute Gasteiger partial charge is 0.395 e. The molecule has 0 saturated carbocycles. The summed E-state index contributed by atoms with van der Waals surface area (Å²) in [6, 6.07) is 6.74. The van der Waals surface area contributed by atoms with Crippen molar-refractivity contribution in [2.75, 3.05) is 11.1 Å². The molecule has 0 aliphatic rings. The van der Waals surface area contributed by atoms with Gasteiger partial charge in [-0.25, -0.2) is 0 Å². The van der Waals surface area contributed by atoms with Crippen LogP contribution in [0.5, 0.6) is 0 Å².